The van der Waals surface area contributed by atoms with Gasteiger partial charge < -0.3 is 10.1 Å². The molecule has 0 saturated heterocycles. The maximum Gasteiger partial charge on any atom is 0.221 e. The summed E-state index contributed by atoms with van der Waals surface area (Å²) in [7, 11) is 0. The van der Waals surface area contributed by atoms with Crippen LogP contribution in [0.3, 0.4) is 0 Å². The Kier molecular flexibility index (Phi) is 5.99. The molecule has 0 bridgehead atoms. The molecule has 1 heterocycles. The first-order valence-corrected chi connectivity index (χ1v) is 7.26. The highest BCUT2D eigenvalue weighted by Gasteiger charge is 2.21. The van der Waals surface area contributed by atoms with Crippen molar-refractivity contribution in [2.75, 3.05) is 18.5 Å². The average Bonchev–Trinajstić information content (AvgIpc) is 2.37. The summed E-state index contributed by atoms with van der Waals surface area (Å²) < 4.78 is 5.82. The van der Waals surface area contributed by atoms with Crippen LogP contribution < -0.4 is 10.1 Å². The third-order valence-electron chi connectivity index (χ3n) is 2.91. The van der Waals surface area contributed by atoms with Gasteiger partial charge in [-0.2, -0.15) is 4.98 Å². The van der Waals surface area contributed by atoms with Crippen LogP contribution in [0.15, 0.2) is 12.7 Å². The first-order valence-electron chi connectivity index (χ1n) is 7.26. The van der Waals surface area contributed by atoms with Crippen LogP contribution in [-0.2, 0) is 5.41 Å². The maximum absolute atomic E-state index is 5.82. The Balaban J connectivity index is 3.01. The van der Waals surface area contributed by atoms with Crippen LogP contribution in [-0.4, -0.2) is 23.1 Å². The lowest BCUT2D eigenvalue weighted by Gasteiger charge is -2.20. The van der Waals surface area contributed by atoms with Gasteiger partial charge in [0.2, 0.25) is 5.88 Å². The SMILES string of the molecule is C=CCCCOc1nc(C(C)(C)C)nc(NCC)c1C. The van der Waals surface area contributed by atoms with E-state index in [-0.39, 0.29) is 5.41 Å². The van der Waals surface area contributed by atoms with E-state index in [2.05, 4.69) is 49.6 Å². The van der Waals surface area contributed by atoms with Gasteiger partial charge in [0.05, 0.1) is 12.2 Å². The molecule has 1 N–H and O–H groups in total. The summed E-state index contributed by atoms with van der Waals surface area (Å²) in [5.41, 5.74) is 0.871. The van der Waals surface area contributed by atoms with Crippen molar-refractivity contribution < 1.29 is 4.74 Å². The highest BCUT2D eigenvalue weighted by atomic mass is 16.5. The van der Waals surface area contributed by atoms with Crippen molar-refractivity contribution >= 4 is 5.82 Å². The van der Waals surface area contributed by atoms with Crippen molar-refractivity contribution in [1.82, 2.24) is 9.97 Å². The summed E-state index contributed by atoms with van der Waals surface area (Å²) in [6.45, 7) is 15.6. The Morgan fingerprint density at radius 1 is 1.30 bits per heavy atom. The zero-order chi connectivity index (χ0) is 15.2. The summed E-state index contributed by atoms with van der Waals surface area (Å²) >= 11 is 0. The van der Waals surface area contributed by atoms with Gasteiger partial charge in [0.15, 0.2) is 0 Å². The molecule has 0 aromatic carbocycles. The molecule has 0 aliphatic rings. The van der Waals surface area contributed by atoms with E-state index in [0.29, 0.717) is 12.5 Å². The third-order valence-corrected chi connectivity index (χ3v) is 2.91. The number of rotatable bonds is 7. The van der Waals surface area contributed by atoms with Gasteiger partial charge in [-0.25, -0.2) is 4.98 Å². The van der Waals surface area contributed by atoms with Gasteiger partial charge in [0, 0.05) is 12.0 Å². The number of hydrogen-bond donors (Lipinski definition) is 1. The summed E-state index contributed by atoms with van der Waals surface area (Å²) in [5, 5.41) is 3.28. The minimum absolute atomic E-state index is 0.100. The Bertz CT molecular complexity index is 450. The second-order valence-electron chi connectivity index (χ2n) is 5.89. The zero-order valence-electron chi connectivity index (χ0n) is 13.4. The van der Waals surface area contributed by atoms with E-state index in [1.165, 1.54) is 0 Å². The molecule has 1 aromatic rings. The summed E-state index contributed by atoms with van der Waals surface area (Å²) in [5.74, 6) is 2.36. The first-order chi connectivity index (χ1) is 9.40. The molecule has 0 aliphatic heterocycles. The fourth-order valence-electron chi connectivity index (χ4n) is 1.71. The monoisotopic (exact) mass is 277 g/mol. The van der Waals surface area contributed by atoms with Crippen molar-refractivity contribution in [3.05, 3.63) is 24.0 Å². The number of hydrogen-bond acceptors (Lipinski definition) is 4. The number of aromatic nitrogens is 2. The Hall–Kier alpha value is -1.58. The fourth-order valence-corrected chi connectivity index (χ4v) is 1.71. The molecule has 112 valence electrons. The minimum atomic E-state index is -0.100. The molecule has 0 aliphatic carbocycles. The predicted octanol–water partition coefficient (Wildman–Crippen LogP) is 3.86. The minimum Gasteiger partial charge on any atom is -0.477 e. The molecule has 0 unspecified atom stereocenters. The number of unbranched alkanes of at least 4 members (excludes halogenated alkanes) is 1. The topological polar surface area (TPSA) is 47.0 Å². The summed E-state index contributed by atoms with van der Waals surface area (Å²) in [6, 6.07) is 0. The van der Waals surface area contributed by atoms with Crippen molar-refractivity contribution in [1.29, 1.82) is 0 Å². The van der Waals surface area contributed by atoms with Crippen LogP contribution >= 0.6 is 0 Å². The number of nitrogens with one attached hydrogen (secondary N) is 1. The van der Waals surface area contributed by atoms with Crippen LogP contribution in [0.25, 0.3) is 0 Å². The molecule has 0 radical (unpaired) electrons. The maximum atomic E-state index is 5.82. The van der Waals surface area contributed by atoms with Gasteiger partial charge in [-0.05, 0) is 26.7 Å². The van der Waals surface area contributed by atoms with E-state index < -0.39 is 0 Å². The zero-order valence-corrected chi connectivity index (χ0v) is 13.4. The van der Waals surface area contributed by atoms with Crippen molar-refractivity contribution in [3.8, 4) is 5.88 Å². The van der Waals surface area contributed by atoms with Crippen LogP contribution in [0.1, 0.15) is 51.9 Å². The molecule has 4 nitrogen and oxygen atoms in total. The van der Waals surface area contributed by atoms with Gasteiger partial charge in [-0.1, -0.05) is 26.8 Å². The normalized spacial score (nSPS) is 11.2. The fraction of sp³-hybridized carbons (Fsp3) is 0.625. The molecule has 1 rings (SSSR count). The van der Waals surface area contributed by atoms with Gasteiger partial charge in [0.1, 0.15) is 11.6 Å². The molecule has 0 fully saturated rings. The summed E-state index contributed by atoms with van der Waals surface area (Å²) in [6.07, 6.45) is 3.81. The number of allylic oxidation sites excluding steroid dienone is 1. The van der Waals surface area contributed by atoms with E-state index in [9.17, 15) is 0 Å². The quantitative estimate of drug-likeness (QED) is 0.607. The molecule has 0 saturated carbocycles. The molecule has 4 heteroatoms. The molecule has 0 spiro atoms. The second-order valence-corrected chi connectivity index (χ2v) is 5.89. The molecule has 1 aromatic heterocycles. The lowest BCUT2D eigenvalue weighted by atomic mass is 9.95. The standard InChI is InChI=1S/C16H27N3O/c1-7-9-10-11-20-14-12(3)13(17-8-2)18-15(19-14)16(4,5)6/h7H,1,8-11H2,2-6H3,(H,17,18,19). The Morgan fingerprint density at radius 2 is 2.00 bits per heavy atom. The lowest BCUT2D eigenvalue weighted by molar-refractivity contribution is 0.294. The van der Waals surface area contributed by atoms with Gasteiger partial charge >= 0.3 is 0 Å². The molecular weight excluding hydrogens is 250 g/mol. The summed E-state index contributed by atoms with van der Waals surface area (Å²) in [4.78, 5) is 9.20. The number of ether oxygens (including phenoxy) is 1. The van der Waals surface area contributed by atoms with Crippen LogP contribution in [0.5, 0.6) is 5.88 Å². The Morgan fingerprint density at radius 3 is 2.55 bits per heavy atom. The largest absolute Gasteiger partial charge is 0.477 e. The third kappa shape index (κ3) is 4.51. The average molecular weight is 277 g/mol. The van der Waals surface area contributed by atoms with E-state index in [1.54, 1.807) is 0 Å². The molecule has 0 atom stereocenters. The van der Waals surface area contributed by atoms with Crippen LogP contribution in [0, 0.1) is 6.92 Å². The van der Waals surface area contributed by atoms with E-state index in [4.69, 9.17) is 4.74 Å². The van der Waals surface area contributed by atoms with Crippen LogP contribution in [0.4, 0.5) is 5.82 Å². The van der Waals surface area contributed by atoms with Gasteiger partial charge in [0.25, 0.3) is 0 Å². The van der Waals surface area contributed by atoms with Crippen LogP contribution in [0.2, 0.25) is 0 Å². The highest BCUT2D eigenvalue weighted by molar-refractivity contribution is 5.49. The molecular formula is C16H27N3O. The lowest BCUT2D eigenvalue weighted by Crippen LogP contribution is -2.19. The van der Waals surface area contributed by atoms with E-state index in [0.717, 1.165) is 36.6 Å². The second kappa shape index (κ2) is 7.27. The van der Waals surface area contributed by atoms with Crippen molar-refractivity contribution in [2.45, 2.75) is 52.9 Å². The van der Waals surface area contributed by atoms with Gasteiger partial charge in [-0.15, -0.1) is 6.58 Å². The number of nitrogens with zero attached hydrogens (tertiary/aromatic N) is 2. The van der Waals surface area contributed by atoms with E-state index in [1.807, 2.05) is 13.0 Å². The smallest absolute Gasteiger partial charge is 0.221 e. The molecule has 0 amide bonds. The van der Waals surface area contributed by atoms with Gasteiger partial charge in [-0.3, -0.25) is 0 Å². The predicted molar refractivity (Wildman–Crippen MR) is 84.6 cm³/mol. The Labute approximate surface area is 122 Å². The first kappa shape index (κ1) is 16.5. The number of anilines is 1. The van der Waals surface area contributed by atoms with E-state index >= 15 is 0 Å². The molecule has 20 heavy (non-hydrogen) atoms. The van der Waals surface area contributed by atoms with Crippen molar-refractivity contribution in [3.63, 3.8) is 0 Å². The van der Waals surface area contributed by atoms with Crippen molar-refractivity contribution in [2.24, 2.45) is 0 Å². The highest BCUT2D eigenvalue weighted by Crippen LogP contribution is 2.27.